The highest BCUT2D eigenvalue weighted by atomic mass is 16.5. The molecule has 2 saturated heterocycles. The smallest absolute Gasteiger partial charge is 0.227 e. The molecule has 0 unspecified atom stereocenters. The van der Waals surface area contributed by atoms with Crippen molar-refractivity contribution in [2.75, 3.05) is 104 Å². The van der Waals surface area contributed by atoms with Crippen LogP contribution in [0.15, 0.2) is 200 Å². The second-order valence-electron chi connectivity index (χ2n) is 20.5. The summed E-state index contributed by atoms with van der Waals surface area (Å²) >= 11 is 0. The number of nitrogens with one attached hydrogen (secondary N) is 4. The van der Waals surface area contributed by atoms with Crippen LogP contribution in [0.1, 0.15) is 36.5 Å². The number of piperazine rings is 2. The minimum Gasteiger partial charge on any atom is -0.497 e. The van der Waals surface area contributed by atoms with Crippen LogP contribution in [0.5, 0.6) is 11.5 Å². The summed E-state index contributed by atoms with van der Waals surface area (Å²) in [6, 6.07) is 63.5. The predicted octanol–water partition coefficient (Wildman–Crippen LogP) is 12.0. The van der Waals surface area contributed by atoms with E-state index in [4.69, 9.17) is 14.5 Å². The molecule has 2 aliphatic rings. The molecule has 9 aromatic rings. The van der Waals surface area contributed by atoms with Crippen molar-refractivity contribution in [3.05, 3.63) is 217 Å². The van der Waals surface area contributed by atoms with Gasteiger partial charge in [-0.15, -0.1) is 0 Å². The van der Waals surface area contributed by atoms with Gasteiger partial charge in [0.15, 0.2) is 0 Å². The lowest BCUT2D eigenvalue weighted by Crippen LogP contribution is -2.47. The van der Waals surface area contributed by atoms with Crippen LogP contribution < -0.4 is 40.5 Å². The van der Waals surface area contributed by atoms with E-state index in [9.17, 15) is 9.59 Å². The van der Waals surface area contributed by atoms with Gasteiger partial charge in [-0.2, -0.15) is 0 Å². The molecule has 4 heterocycles. The Morgan fingerprint density at radius 1 is 0.482 bits per heavy atom. The highest BCUT2D eigenvalue weighted by Gasteiger charge is 2.23. The van der Waals surface area contributed by atoms with Crippen LogP contribution in [0.2, 0.25) is 0 Å². The first-order valence-corrected chi connectivity index (χ1v) is 28.0. The lowest BCUT2D eigenvalue weighted by molar-refractivity contribution is -0.115. The lowest BCUT2D eigenvalue weighted by Gasteiger charge is -2.38. The number of anilines is 8. The van der Waals surface area contributed by atoms with Crippen molar-refractivity contribution in [3.8, 4) is 34.0 Å². The van der Waals surface area contributed by atoms with Gasteiger partial charge in [0.1, 0.15) is 11.5 Å². The third kappa shape index (κ3) is 15.6. The molecular weight excluding hydrogens is 1040 g/mol. The van der Waals surface area contributed by atoms with Crippen LogP contribution in [0.3, 0.4) is 0 Å². The van der Waals surface area contributed by atoms with Gasteiger partial charge in [-0.1, -0.05) is 84.9 Å². The summed E-state index contributed by atoms with van der Waals surface area (Å²) in [6.45, 7) is 12.7. The Bertz CT molecular complexity index is 3480. The molecule has 0 atom stereocenters. The number of nitrogens with zero attached hydrogens (tertiary/aromatic N) is 8. The molecule has 422 valence electrons. The van der Waals surface area contributed by atoms with E-state index in [1.54, 1.807) is 26.6 Å². The van der Waals surface area contributed by atoms with Crippen molar-refractivity contribution >= 4 is 57.8 Å². The zero-order valence-electron chi connectivity index (χ0n) is 47.4. The van der Waals surface area contributed by atoms with Gasteiger partial charge in [0.05, 0.1) is 25.6 Å². The molecule has 0 spiro atoms. The number of benzene rings is 7. The van der Waals surface area contributed by atoms with E-state index < -0.39 is 0 Å². The van der Waals surface area contributed by atoms with Crippen LogP contribution in [0, 0.1) is 0 Å². The molecule has 0 saturated carbocycles. The predicted molar refractivity (Wildman–Crippen MR) is 333 cm³/mol. The number of carbonyl (C=O) groups is 2. The summed E-state index contributed by atoms with van der Waals surface area (Å²) in [5.74, 6) is 2.97. The molecule has 0 radical (unpaired) electrons. The SMILES string of the molecule is CC(=O)Nc1ccc(-c2ccnc(Nc3ccc(N4CCN(CC(c5ccccc5)c5ccccc5)CC4)cc3)n2)cc1.COc1ccc(OC)c(CN2CCN(c3ccc(Nc4nccc(-c5ccc(NC(C)=O)cc5)n4)cc3)CC2)c1. The second-order valence-corrected chi connectivity index (χ2v) is 20.5. The quantitative estimate of drug-likeness (QED) is 0.0641. The van der Waals surface area contributed by atoms with E-state index in [-0.39, 0.29) is 11.8 Å². The Labute approximate surface area is 486 Å². The van der Waals surface area contributed by atoms with Crippen LogP contribution in [-0.4, -0.2) is 115 Å². The molecule has 2 amide bonds. The summed E-state index contributed by atoms with van der Waals surface area (Å²) < 4.78 is 11.0. The van der Waals surface area contributed by atoms with Gasteiger partial charge in [-0.3, -0.25) is 19.4 Å². The first-order chi connectivity index (χ1) is 40.6. The molecule has 83 heavy (non-hydrogen) atoms. The number of methoxy groups -OCH3 is 2. The molecule has 16 heteroatoms. The lowest BCUT2D eigenvalue weighted by atomic mass is 9.90. The maximum atomic E-state index is 11.3. The van der Waals surface area contributed by atoms with Crippen LogP contribution >= 0.6 is 0 Å². The minimum absolute atomic E-state index is 0.0923. The maximum absolute atomic E-state index is 11.3. The van der Waals surface area contributed by atoms with Gasteiger partial charge >= 0.3 is 0 Å². The average Bonchev–Trinajstić information content (AvgIpc) is 3.61. The molecule has 4 N–H and O–H groups in total. The van der Waals surface area contributed by atoms with Gasteiger partial charge in [-0.25, -0.2) is 19.9 Å². The van der Waals surface area contributed by atoms with Crippen molar-refractivity contribution in [2.24, 2.45) is 0 Å². The fourth-order valence-corrected chi connectivity index (χ4v) is 10.4. The van der Waals surface area contributed by atoms with E-state index in [1.165, 1.54) is 36.3 Å². The van der Waals surface area contributed by atoms with E-state index in [1.807, 2.05) is 72.8 Å². The van der Waals surface area contributed by atoms with Gasteiger partial charge in [0, 0.05) is 148 Å². The molecule has 2 fully saturated rings. The van der Waals surface area contributed by atoms with Gasteiger partial charge in [-0.05, 0) is 114 Å². The van der Waals surface area contributed by atoms with Crippen molar-refractivity contribution in [2.45, 2.75) is 26.3 Å². The Kier molecular flexibility index (Phi) is 18.9. The normalized spacial score (nSPS) is 13.6. The number of ether oxygens (including phenoxy) is 2. The van der Waals surface area contributed by atoms with Crippen LogP contribution in [-0.2, 0) is 16.1 Å². The van der Waals surface area contributed by atoms with E-state index >= 15 is 0 Å². The Morgan fingerprint density at radius 3 is 1.34 bits per heavy atom. The van der Waals surface area contributed by atoms with Gasteiger partial charge in [0.2, 0.25) is 23.7 Å². The molecule has 11 rings (SSSR count). The number of hydrogen-bond acceptors (Lipinski definition) is 14. The molecule has 2 aliphatic heterocycles. The fraction of sp³-hybridized carbons (Fsp3) is 0.224. The molecule has 2 aromatic heterocycles. The number of rotatable bonds is 18. The van der Waals surface area contributed by atoms with Crippen molar-refractivity contribution in [1.82, 2.24) is 29.7 Å². The zero-order valence-corrected chi connectivity index (χ0v) is 47.4. The monoisotopic (exact) mass is 1110 g/mol. The van der Waals surface area contributed by atoms with Crippen LogP contribution in [0.4, 0.5) is 46.0 Å². The summed E-state index contributed by atoms with van der Waals surface area (Å²) in [5, 5.41) is 12.2. The Hall–Kier alpha value is -9.64. The molecule has 16 nitrogen and oxygen atoms in total. The van der Waals surface area contributed by atoms with Crippen LogP contribution in [0.25, 0.3) is 22.5 Å². The summed E-state index contributed by atoms with van der Waals surface area (Å²) in [4.78, 5) is 50.6. The highest BCUT2D eigenvalue weighted by molar-refractivity contribution is 5.89. The van der Waals surface area contributed by atoms with Gasteiger partial charge in [0.25, 0.3) is 0 Å². The van der Waals surface area contributed by atoms with Crippen molar-refractivity contribution in [1.29, 1.82) is 0 Å². The number of hydrogen-bond donors (Lipinski definition) is 4. The van der Waals surface area contributed by atoms with E-state index in [0.717, 1.165) is 128 Å². The maximum Gasteiger partial charge on any atom is 0.227 e. The molecular formula is C67H70N12O4. The molecule has 0 bridgehead atoms. The minimum atomic E-state index is -0.0972. The highest BCUT2D eigenvalue weighted by Crippen LogP contribution is 2.31. The van der Waals surface area contributed by atoms with E-state index in [0.29, 0.717) is 17.8 Å². The zero-order chi connectivity index (χ0) is 57.3. The molecule has 0 aliphatic carbocycles. The topological polar surface area (TPSA) is 165 Å². The third-order valence-corrected chi connectivity index (χ3v) is 14.8. The number of amides is 2. The standard InChI is InChI=1S/C36H36N6O.C31H34N6O3/c1-27(43)38-31-14-12-30(13-15-31)35-20-21-37-36(40-35)39-32-16-18-33(19-17-32)42-24-22-41(23-25-42)26-34(28-8-4-2-5-9-28)29-10-6-3-7-11-29;1-22(38)33-25-6-4-23(5-7-25)29-14-15-32-31(35-29)34-26-8-10-27(11-9-26)37-18-16-36(17-19-37)21-24-20-28(39-2)12-13-30(24)40-3/h2-21,34H,22-26H2,1H3,(H,38,43)(H,37,39,40);4-15,20H,16-19,21H2,1-3H3,(H,33,38)(H,32,34,35). The van der Waals surface area contributed by atoms with Crippen molar-refractivity contribution in [3.63, 3.8) is 0 Å². The van der Waals surface area contributed by atoms with Crippen molar-refractivity contribution < 1.29 is 19.1 Å². The summed E-state index contributed by atoms with van der Waals surface area (Å²) in [5.41, 5.74) is 13.2. The first-order valence-electron chi connectivity index (χ1n) is 28.0. The largest absolute Gasteiger partial charge is 0.497 e. The number of aromatic nitrogens is 4. The fourth-order valence-electron chi connectivity index (χ4n) is 10.4. The third-order valence-electron chi connectivity index (χ3n) is 14.8. The van der Waals surface area contributed by atoms with E-state index in [2.05, 4.69) is 171 Å². The average molecular weight is 1110 g/mol. The first kappa shape index (κ1) is 56.6. The summed E-state index contributed by atoms with van der Waals surface area (Å²) in [7, 11) is 3.39. The second kappa shape index (κ2) is 27.7. The molecule has 7 aromatic carbocycles. The Balaban J connectivity index is 0.000000186. The Morgan fingerprint density at radius 2 is 0.916 bits per heavy atom. The number of carbonyl (C=O) groups excluding carboxylic acids is 2. The summed E-state index contributed by atoms with van der Waals surface area (Å²) in [6.07, 6.45) is 3.49. The van der Waals surface area contributed by atoms with Gasteiger partial charge < -0.3 is 40.5 Å².